The van der Waals surface area contributed by atoms with Crippen LogP contribution in [0.25, 0.3) is 0 Å². The van der Waals surface area contributed by atoms with Gasteiger partial charge in [0.05, 0.1) is 20.3 Å². The molecule has 0 aromatic heterocycles. The summed E-state index contributed by atoms with van der Waals surface area (Å²) in [4.78, 5) is 4.70. The van der Waals surface area contributed by atoms with Crippen LogP contribution in [0.4, 0.5) is 0 Å². The van der Waals surface area contributed by atoms with Gasteiger partial charge >= 0.3 is 0 Å². The minimum atomic E-state index is 0.181. The molecule has 3 rings (SSSR count). The highest BCUT2D eigenvalue weighted by molar-refractivity contribution is 5.64. The first-order valence-corrected chi connectivity index (χ1v) is 7.36. The second-order valence-corrected chi connectivity index (χ2v) is 6.19. The van der Waals surface area contributed by atoms with Gasteiger partial charge in [-0.3, -0.25) is 4.90 Å². The lowest BCUT2D eigenvalue weighted by Gasteiger charge is -2.48. The van der Waals surface area contributed by atoms with Crippen molar-refractivity contribution in [3.8, 4) is 17.2 Å². The number of nitrogens with zero attached hydrogens (tertiary/aromatic N) is 2. The van der Waals surface area contributed by atoms with Crippen molar-refractivity contribution in [2.45, 2.75) is 25.4 Å². The number of methoxy groups -OCH3 is 2. The minimum Gasteiger partial charge on any atom is -0.504 e. The number of phenols is 1. The standard InChI is InChI=1S/C16H24N2O3/c1-9-15(20-4)11-6-10-7-17(2)8-12(18(10)3)13(11)14(19)16(9)21-5/h10,12,19H,6-8H2,1-5H3. The SMILES string of the molecule is COc1c(C)c(OC)c2c(c1O)C1CN(C)CC(C2)N1C. The van der Waals surface area contributed by atoms with Gasteiger partial charge in [-0.15, -0.1) is 0 Å². The number of benzene rings is 1. The smallest absolute Gasteiger partial charge is 0.167 e. The molecular formula is C16H24N2O3. The van der Waals surface area contributed by atoms with Gasteiger partial charge in [-0.25, -0.2) is 0 Å². The van der Waals surface area contributed by atoms with Crippen LogP contribution in [0.15, 0.2) is 0 Å². The maximum Gasteiger partial charge on any atom is 0.167 e. The lowest BCUT2D eigenvalue weighted by atomic mass is 9.83. The summed E-state index contributed by atoms with van der Waals surface area (Å²) in [5.74, 6) is 1.68. The Morgan fingerprint density at radius 2 is 1.76 bits per heavy atom. The van der Waals surface area contributed by atoms with Crippen LogP contribution in [0.1, 0.15) is 22.7 Å². The van der Waals surface area contributed by atoms with Gasteiger partial charge in [0, 0.05) is 35.8 Å². The van der Waals surface area contributed by atoms with Crippen LogP contribution >= 0.6 is 0 Å². The molecule has 2 aliphatic rings. The molecule has 2 bridgehead atoms. The fraction of sp³-hybridized carbons (Fsp3) is 0.625. The Morgan fingerprint density at radius 3 is 2.38 bits per heavy atom. The van der Waals surface area contributed by atoms with E-state index in [1.54, 1.807) is 14.2 Å². The highest BCUT2D eigenvalue weighted by atomic mass is 16.5. The summed E-state index contributed by atoms with van der Waals surface area (Å²) in [6, 6.07) is 0.642. The van der Waals surface area contributed by atoms with Gasteiger partial charge < -0.3 is 19.5 Å². The first-order chi connectivity index (χ1) is 9.99. The molecule has 21 heavy (non-hydrogen) atoms. The molecule has 0 aliphatic carbocycles. The first kappa shape index (κ1) is 14.5. The van der Waals surface area contributed by atoms with E-state index in [0.29, 0.717) is 11.8 Å². The number of phenolic OH excluding ortho intramolecular Hbond substituents is 1. The molecule has 0 radical (unpaired) electrons. The molecule has 0 spiro atoms. The molecule has 0 saturated carbocycles. The number of hydrogen-bond acceptors (Lipinski definition) is 5. The van der Waals surface area contributed by atoms with E-state index < -0.39 is 0 Å². The maximum atomic E-state index is 10.7. The fourth-order valence-corrected chi connectivity index (χ4v) is 3.96. The van der Waals surface area contributed by atoms with E-state index in [4.69, 9.17) is 9.47 Å². The van der Waals surface area contributed by atoms with E-state index in [2.05, 4.69) is 23.9 Å². The Morgan fingerprint density at radius 1 is 1.10 bits per heavy atom. The van der Waals surface area contributed by atoms with Gasteiger partial charge in [0.15, 0.2) is 11.5 Å². The van der Waals surface area contributed by atoms with Gasteiger partial charge in [-0.05, 0) is 27.4 Å². The molecule has 5 heteroatoms. The Hall–Kier alpha value is -1.46. The molecule has 1 saturated heterocycles. The van der Waals surface area contributed by atoms with Crippen LogP contribution in [0.3, 0.4) is 0 Å². The molecule has 2 atom stereocenters. The lowest BCUT2D eigenvalue weighted by Crippen LogP contribution is -2.55. The van der Waals surface area contributed by atoms with Crippen molar-refractivity contribution in [2.24, 2.45) is 0 Å². The summed E-state index contributed by atoms with van der Waals surface area (Å²) in [5.41, 5.74) is 3.00. The van der Waals surface area contributed by atoms with E-state index in [0.717, 1.165) is 42.0 Å². The third-order valence-electron chi connectivity index (χ3n) is 5.01. The predicted octanol–water partition coefficient (Wildman–Crippen LogP) is 1.56. The van der Waals surface area contributed by atoms with Crippen molar-refractivity contribution in [2.75, 3.05) is 41.4 Å². The van der Waals surface area contributed by atoms with E-state index in [1.807, 2.05) is 6.92 Å². The number of fused-ring (bicyclic) bond motifs is 4. The molecule has 5 nitrogen and oxygen atoms in total. The van der Waals surface area contributed by atoms with Crippen LogP contribution in [0, 0.1) is 6.92 Å². The number of likely N-dealkylation sites (N-methyl/N-ethyl adjacent to an activating group) is 2. The number of hydrogen-bond donors (Lipinski definition) is 1. The van der Waals surface area contributed by atoms with E-state index in [9.17, 15) is 5.11 Å². The summed E-state index contributed by atoms with van der Waals surface area (Å²) in [5, 5.41) is 10.7. The van der Waals surface area contributed by atoms with E-state index in [1.165, 1.54) is 0 Å². The highest BCUT2D eigenvalue weighted by Crippen LogP contribution is 2.50. The van der Waals surface area contributed by atoms with Crippen LogP contribution in [0.5, 0.6) is 17.2 Å². The van der Waals surface area contributed by atoms with Crippen LogP contribution < -0.4 is 9.47 Å². The number of aromatic hydroxyl groups is 1. The zero-order chi connectivity index (χ0) is 15.3. The molecule has 1 aromatic rings. The monoisotopic (exact) mass is 292 g/mol. The Bertz CT molecular complexity index is 573. The first-order valence-electron chi connectivity index (χ1n) is 7.36. The van der Waals surface area contributed by atoms with Gasteiger partial charge in [0.2, 0.25) is 0 Å². The van der Waals surface area contributed by atoms with Crippen molar-refractivity contribution in [3.63, 3.8) is 0 Å². The Balaban J connectivity index is 2.25. The molecule has 2 aliphatic heterocycles. The average molecular weight is 292 g/mol. The van der Waals surface area contributed by atoms with Gasteiger partial charge in [-0.1, -0.05) is 0 Å². The number of ether oxygens (including phenoxy) is 2. The normalized spacial score (nSPS) is 25.6. The van der Waals surface area contributed by atoms with Gasteiger partial charge in [0.1, 0.15) is 5.75 Å². The summed E-state index contributed by atoms with van der Waals surface area (Å²) >= 11 is 0. The van der Waals surface area contributed by atoms with Gasteiger partial charge in [-0.2, -0.15) is 0 Å². The maximum absolute atomic E-state index is 10.7. The quantitative estimate of drug-likeness (QED) is 0.896. The molecule has 1 N–H and O–H groups in total. The van der Waals surface area contributed by atoms with E-state index in [-0.39, 0.29) is 11.8 Å². The third-order valence-corrected chi connectivity index (χ3v) is 5.01. The topological polar surface area (TPSA) is 45.2 Å². The summed E-state index contributed by atoms with van der Waals surface area (Å²) in [6.45, 7) is 3.89. The van der Waals surface area contributed by atoms with Crippen LogP contribution in [-0.4, -0.2) is 62.4 Å². The van der Waals surface area contributed by atoms with Crippen molar-refractivity contribution >= 4 is 0 Å². The molecule has 116 valence electrons. The molecule has 2 heterocycles. The Kier molecular flexibility index (Phi) is 3.50. The largest absolute Gasteiger partial charge is 0.504 e. The third kappa shape index (κ3) is 1.99. The molecule has 0 amide bonds. The zero-order valence-corrected chi connectivity index (χ0v) is 13.4. The molecule has 2 unspecified atom stereocenters. The van der Waals surface area contributed by atoms with Crippen molar-refractivity contribution in [1.29, 1.82) is 0 Å². The molecule has 1 aromatic carbocycles. The zero-order valence-electron chi connectivity index (χ0n) is 13.4. The minimum absolute atomic E-state index is 0.181. The number of piperazine rings is 1. The van der Waals surface area contributed by atoms with Crippen molar-refractivity contribution in [1.82, 2.24) is 9.80 Å². The second kappa shape index (κ2) is 5.07. The van der Waals surface area contributed by atoms with Gasteiger partial charge in [0.25, 0.3) is 0 Å². The molecule has 1 fully saturated rings. The molecular weight excluding hydrogens is 268 g/mol. The summed E-state index contributed by atoms with van der Waals surface area (Å²) in [6.07, 6.45) is 0.897. The average Bonchev–Trinajstić information content (AvgIpc) is 2.42. The lowest BCUT2D eigenvalue weighted by molar-refractivity contribution is 0.0436. The Labute approximate surface area is 126 Å². The fourth-order valence-electron chi connectivity index (χ4n) is 3.96. The predicted molar refractivity (Wildman–Crippen MR) is 81.4 cm³/mol. The second-order valence-electron chi connectivity index (χ2n) is 6.19. The summed E-state index contributed by atoms with van der Waals surface area (Å²) in [7, 11) is 7.57. The van der Waals surface area contributed by atoms with Crippen LogP contribution in [0.2, 0.25) is 0 Å². The highest BCUT2D eigenvalue weighted by Gasteiger charge is 2.41. The van der Waals surface area contributed by atoms with Crippen molar-refractivity contribution < 1.29 is 14.6 Å². The van der Waals surface area contributed by atoms with Crippen molar-refractivity contribution in [3.05, 3.63) is 16.7 Å². The van der Waals surface area contributed by atoms with Crippen LogP contribution in [-0.2, 0) is 6.42 Å². The van der Waals surface area contributed by atoms with E-state index >= 15 is 0 Å². The summed E-state index contributed by atoms with van der Waals surface area (Å²) < 4.78 is 11.1. The number of rotatable bonds is 2.